The van der Waals surface area contributed by atoms with Crippen molar-refractivity contribution in [2.75, 3.05) is 0 Å². The molecule has 136 valence electrons. The van der Waals surface area contributed by atoms with Crippen molar-refractivity contribution in [1.82, 2.24) is 20.1 Å². The lowest BCUT2D eigenvalue weighted by atomic mass is 10.2. The number of thiazole rings is 1. The molecule has 1 aromatic carbocycles. The maximum Gasteiger partial charge on any atom is 0.269 e. The lowest BCUT2D eigenvalue weighted by Crippen LogP contribution is -2.25. The molecule has 1 amide bonds. The molecule has 0 aliphatic heterocycles. The topological polar surface area (TPSA) is 59.8 Å². The second kappa shape index (κ2) is 8.27. The van der Waals surface area contributed by atoms with Crippen molar-refractivity contribution >= 4 is 17.2 Å². The minimum atomic E-state index is -0.118. The van der Waals surface area contributed by atoms with Gasteiger partial charge in [0, 0.05) is 18.0 Å². The number of rotatable bonds is 7. The predicted octanol–water partition coefficient (Wildman–Crippen LogP) is 4.12. The molecule has 0 saturated heterocycles. The molecule has 0 bridgehead atoms. The Balaban J connectivity index is 1.61. The van der Waals surface area contributed by atoms with Crippen molar-refractivity contribution in [3.63, 3.8) is 0 Å². The van der Waals surface area contributed by atoms with Crippen LogP contribution in [-0.4, -0.2) is 20.7 Å². The zero-order valence-corrected chi connectivity index (χ0v) is 16.3. The Morgan fingerprint density at radius 3 is 2.73 bits per heavy atom. The van der Waals surface area contributed by atoms with Crippen LogP contribution in [0.2, 0.25) is 0 Å². The van der Waals surface area contributed by atoms with Crippen LogP contribution in [0.15, 0.2) is 35.7 Å². The molecule has 0 aliphatic carbocycles. The lowest BCUT2D eigenvalue weighted by Gasteiger charge is -2.03. The van der Waals surface area contributed by atoms with E-state index in [4.69, 9.17) is 0 Å². The molecular weight excluding hydrogens is 344 g/mol. The highest BCUT2D eigenvalue weighted by Crippen LogP contribution is 2.24. The number of carbonyl (C=O) groups excluding carboxylic acids is 1. The van der Waals surface area contributed by atoms with Crippen LogP contribution in [0.5, 0.6) is 0 Å². The van der Waals surface area contributed by atoms with Gasteiger partial charge in [0.05, 0.1) is 17.9 Å². The van der Waals surface area contributed by atoms with Crippen LogP contribution in [0.4, 0.5) is 0 Å². The summed E-state index contributed by atoms with van der Waals surface area (Å²) in [5, 5.41) is 10.3. The number of hydrogen-bond acceptors (Lipinski definition) is 4. The first-order valence-corrected chi connectivity index (χ1v) is 9.77. The molecule has 0 aliphatic rings. The minimum Gasteiger partial charge on any atom is -0.345 e. The first-order chi connectivity index (χ1) is 12.6. The Morgan fingerprint density at radius 2 is 2.00 bits per heavy atom. The normalized spacial score (nSPS) is 10.9. The molecule has 6 heteroatoms. The second-order valence-electron chi connectivity index (χ2n) is 6.44. The number of nitrogens with zero attached hydrogens (tertiary/aromatic N) is 3. The summed E-state index contributed by atoms with van der Waals surface area (Å²) in [5.41, 5.74) is 4.75. The van der Waals surface area contributed by atoms with Gasteiger partial charge in [0.15, 0.2) is 0 Å². The first-order valence-electron chi connectivity index (χ1n) is 8.89. The van der Waals surface area contributed by atoms with Gasteiger partial charge in [-0.3, -0.25) is 9.48 Å². The zero-order chi connectivity index (χ0) is 18.5. The van der Waals surface area contributed by atoms with Gasteiger partial charge in [0.1, 0.15) is 10.7 Å². The summed E-state index contributed by atoms with van der Waals surface area (Å²) in [6, 6.07) is 10.2. The maximum atomic E-state index is 12.4. The molecule has 0 fully saturated rings. The van der Waals surface area contributed by atoms with E-state index in [1.54, 1.807) is 16.0 Å². The van der Waals surface area contributed by atoms with Gasteiger partial charge in [-0.1, -0.05) is 43.2 Å². The lowest BCUT2D eigenvalue weighted by molar-refractivity contribution is 0.0941. The molecule has 0 saturated carbocycles. The minimum absolute atomic E-state index is 0.118. The van der Waals surface area contributed by atoms with Crippen molar-refractivity contribution in [2.24, 2.45) is 7.05 Å². The molecule has 2 heterocycles. The average Bonchev–Trinajstić information content (AvgIpc) is 3.25. The number of carbonyl (C=O) groups is 1. The van der Waals surface area contributed by atoms with Crippen LogP contribution in [-0.2, 0) is 20.0 Å². The monoisotopic (exact) mass is 368 g/mol. The van der Waals surface area contributed by atoms with Gasteiger partial charge >= 0.3 is 0 Å². The number of aromatic nitrogens is 3. The smallest absolute Gasteiger partial charge is 0.269 e. The largest absolute Gasteiger partial charge is 0.345 e. The van der Waals surface area contributed by atoms with E-state index in [1.165, 1.54) is 5.56 Å². The Hall–Kier alpha value is -2.47. The molecule has 3 rings (SSSR count). The standard InChI is InChI=1S/C20H24N4OS/c1-4-5-6-16-11-18(24(3)23-16)19(25)21-12-17-13-26-20(22-17)15-9-7-14(2)8-10-15/h7-11,13H,4-6,12H2,1-3H3,(H,21,25). The van der Waals surface area contributed by atoms with Crippen molar-refractivity contribution in [3.05, 3.63) is 58.4 Å². The fourth-order valence-corrected chi connectivity index (χ4v) is 3.52. The molecule has 3 aromatic rings. The third-order valence-electron chi connectivity index (χ3n) is 4.23. The number of benzene rings is 1. The summed E-state index contributed by atoms with van der Waals surface area (Å²) in [6.45, 7) is 4.63. The highest BCUT2D eigenvalue weighted by molar-refractivity contribution is 7.13. The van der Waals surface area contributed by atoms with E-state index in [0.29, 0.717) is 12.2 Å². The summed E-state index contributed by atoms with van der Waals surface area (Å²) in [7, 11) is 1.81. The second-order valence-corrected chi connectivity index (χ2v) is 7.30. The van der Waals surface area contributed by atoms with Crippen LogP contribution >= 0.6 is 11.3 Å². The SMILES string of the molecule is CCCCc1cc(C(=O)NCc2csc(-c3ccc(C)cc3)n2)n(C)n1. The average molecular weight is 369 g/mol. The van der Waals surface area contributed by atoms with Gasteiger partial charge < -0.3 is 5.32 Å². The zero-order valence-electron chi connectivity index (χ0n) is 15.5. The van der Waals surface area contributed by atoms with E-state index in [2.05, 4.69) is 53.5 Å². The Morgan fingerprint density at radius 1 is 1.23 bits per heavy atom. The van der Waals surface area contributed by atoms with E-state index in [-0.39, 0.29) is 5.91 Å². The van der Waals surface area contributed by atoms with E-state index >= 15 is 0 Å². The molecule has 0 radical (unpaired) electrons. The fourth-order valence-electron chi connectivity index (χ4n) is 2.70. The number of amides is 1. The summed E-state index contributed by atoms with van der Waals surface area (Å²) >= 11 is 1.59. The van der Waals surface area contributed by atoms with Gasteiger partial charge in [0.25, 0.3) is 5.91 Å². The van der Waals surface area contributed by atoms with Crippen LogP contribution in [0, 0.1) is 6.92 Å². The highest BCUT2D eigenvalue weighted by atomic mass is 32.1. The van der Waals surface area contributed by atoms with E-state index in [9.17, 15) is 4.79 Å². The number of unbranched alkanes of at least 4 members (excludes halogenated alkanes) is 1. The van der Waals surface area contributed by atoms with E-state index < -0.39 is 0 Å². The quantitative estimate of drug-likeness (QED) is 0.682. The Kier molecular flexibility index (Phi) is 5.83. The van der Waals surface area contributed by atoms with Crippen LogP contribution in [0.25, 0.3) is 10.6 Å². The molecule has 2 aromatic heterocycles. The van der Waals surface area contributed by atoms with Crippen molar-refractivity contribution in [3.8, 4) is 10.6 Å². The molecular formula is C20H24N4OS. The fraction of sp³-hybridized carbons (Fsp3) is 0.350. The summed E-state index contributed by atoms with van der Waals surface area (Å²) in [5.74, 6) is -0.118. The first kappa shape index (κ1) is 18.3. The van der Waals surface area contributed by atoms with Crippen LogP contribution in [0.3, 0.4) is 0 Å². The number of hydrogen-bond donors (Lipinski definition) is 1. The van der Waals surface area contributed by atoms with Crippen LogP contribution < -0.4 is 5.32 Å². The third-order valence-corrected chi connectivity index (χ3v) is 5.17. The van der Waals surface area contributed by atoms with Crippen molar-refractivity contribution in [1.29, 1.82) is 0 Å². The predicted molar refractivity (Wildman–Crippen MR) is 105 cm³/mol. The molecule has 1 N–H and O–H groups in total. The number of aryl methyl sites for hydroxylation is 3. The van der Waals surface area contributed by atoms with Crippen molar-refractivity contribution < 1.29 is 4.79 Å². The summed E-state index contributed by atoms with van der Waals surface area (Å²) < 4.78 is 1.65. The van der Waals surface area contributed by atoms with Gasteiger partial charge in [0.2, 0.25) is 0 Å². The van der Waals surface area contributed by atoms with Gasteiger partial charge in [-0.05, 0) is 25.8 Å². The third kappa shape index (κ3) is 4.38. The van der Waals surface area contributed by atoms with Gasteiger partial charge in [-0.25, -0.2) is 4.98 Å². The summed E-state index contributed by atoms with van der Waals surface area (Å²) in [6.07, 6.45) is 3.10. The van der Waals surface area contributed by atoms with Crippen molar-refractivity contribution in [2.45, 2.75) is 39.7 Å². The van der Waals surface area contributed by atoms with E-state index in [0.717, 1.165) is 41.2 Å². The molecule has 0 unspecified atom stereocenters. The Bertz CT molecular complexity index is 880. The molecule has 26 heavy (non-hydrogen) atoms. The molecule has 5 nitrogen and oxygen atoms in total. The Labute approximate surface area is 158 Å². The van der Waals surface area contributed by atoms with Crippen LogP contribution in [0.1, 0.15) is 47.2 Å². The highest BCUT2D eigenvalue weighted by Gasteiger charge is 2.13. The molecule has 0 spiro atoms. The van der Waals surface area contributed by atoms with Gasteiger partial charge in [-0.2, -0.15) is 5.10 Å². The molecule has 0 atom stereocenters. The summed E-state index contributed by atoms with van der Waals surface area (Å²) in [4.78, 5) is 17.1. The maximum absolute atomic E-state index is 12.4. The number of nitrogens with one attached hydrogen (secondary N) is 1. The van der Waals surface area contributed by atoms with E-state index in [1.807, 2.05) is 18.5 Å². The van der Waals surface area contributed by atoms with Gasteiger partial charge in [-0.15, -0.1) is 11.3 Å².